The summed E-state index contributed by atoms with van der Waals surface area (Å²) in [5.74, 6) is 0.752. The van der Waals surface area contributed by atoms with Crippen LogP contribution in [-0.2, 0) is 9.59 Å². The van der Waals surface area contributed by atoms with Gasteiger partial charge in [-0.3, -0.25) is 9.59 Å². The Hall–Kier alpha value is -0.710. The van der Waals surface area contributed by atoms with Crippen LogP contribution in [0.25, 0.3) is 0 Å². The number of nitrogens with one attached hydrogen (secondary N) is 1. The Bertz CT molecular complexity index is 173. The monoisotopic (exact) mass is 205 g/mol. The molecule has 1 amide bonds. The summed E-state index contributed by atoms with van der Waals surface area (Å²) in [5.41, 5.74) is 0. The highest BCUT2D eigenvalue weighted by Gasteiger charge is 1.99. The van der Waals surface area contributed by atoms with Gasteiger partial charge in [-0.1, -0.05) is 0 Å². The molecule has 0 saturated heterocycles. The van der Waals surface area contributed by atoms with Crippen LogP contribution in [0.3, 0.4) is 0 Å². The van der Waals surface area contributed by atoms with E-state index in [1.807, 2.05) is 0 Å². The minimum Gasteiger partial charge on any atom is -0.481 e. The molecule has 0 unspecified atom stereocenters. The van der Waals surface area contributed by atoms with Crippen LogP contribution in [0.15, 0.2) is 0 Å². The molecule has 76 valence electrons. The molecule has 0 spiro atoms. The fraction of sp³-hybridized carbons (Fsp3) is 0.750. The predicted molar refractivity (Wildman–Crippen MR) is 52.9 cm³/mol. The Kier molecular flexibility index (Phi) is 7.48. The number of hydrogen-bond acceptors (Lipinski definition) is 3. The largest absolute Gasteiger partial charge is 0.481 e. The normalized spacial score (nSPS) is 9.62. The number of carbonyl (C=O) groups excluding carboxylic acids is 1. The Morgan fingerprint density at radius 2 is 2.00 bits per heavy atom. The number of carbonyl (C=O) groups is 2. The van der Waals surface area contributed by atoms with Gasteiger partial charge in [0, 0.05) is 19.2 Å². The first kappa shape index (κ1) is 12.3. The minimum atomic E-state index is -0.765. The van der Waals surface area contributed by atoms with Crippen LogP contribution in [0.4, 0.5) is 0 Å². The zero-order valence-electron chi connectivity index (χ0n) is 7.71. The number of rotatable bonds is 7. The van der Waals surface area contributed by atoms with Crippen molar-refractivity contribution in [1.82, 2.24) is 5.32 Å². The SMILES string of the molecule is CNC(=O)CCCSCCC(=O)O. The van der Waals surface area contributed by atoms with Gasteiger partial charge in [-0.05, 0) is 12.2 Å². The Labute approximate surface area is 82.1 Å². The molecular formula is C8H15NO3S. The van der Waals surface area contributed by atoms with Crippen LogP contribution in [0, 0.1) is 0 Å². The first-order chi connectivity index (χ1) is 6.16. The molecule has 0 fully saturated rings. The summed E-state index contributed by atoms with van der Waals surface area (Å²) in [6, 6.07) is 0. The van der Waals surface area contributed by atoms with E-state index in [0.29, 0.717) is 12.2 Å². The smallest absolute Gasteiger partial charge is 0.304 e. The Morgan fingerprint density at radius 1 is 1.31 bits per heavy atom. The summed E-state index contributed by atoms with van der Waals surface area (Å²) < 4.78 is 0. The van der Waals surface area contributed by atoms with Gasteiger partial charge in [0.25, 0.3) is 0 Å². The number of amides is 1. The molecular weight excluding hydrogens is 190 g/mol. The van der Waals surface area contributed by atoms with Crippen molar-refractivity contribution in [3.05, 3.63) is 0 Å². The highest BCUT2D eigenvalue weighted by Crippen LogP contribution is 2.05. The average molecular weight is 205 g/mol. The molecule has 0 radical (unpaired) electrons. The van der Waals surface area contributed by atoms with E-state index in [0.717, 1.165) is 12.2 Å². The predicted octanol–water partition coefficient (Wildman–Crippen LogP) is 0.720. The molecule has 0 heterocycles. The lowest BCUT2D eigenvalue weighted by Gasteiger charge is -1.99. The van der Waals surface area contributed by atoms with Crippen molar-refractivity contribution < 1.29 is 14.7 Å². The summed E-state index contributed by atoms with van der Waals surface area (Å²) in [7, 11) is 1.61. The van der Waals surface area contributed by atoms with Crippen molar-refractivity contribution in [2.75, 3.05) is 18.6 Å². The molecule has 0 aromatic heterocycles. The summed E-state index contributed by atoms with van der Waals surface area (Å²) >= 11 is 1.57. The van der Waals surface area contributed by atoms with Crippen molar-refractivity contribution in [1.29, 1.82) is 0 Å². The van der Waals surface area contributed by atoms with E-state index in [1.165, 1.54) is 0 Å². The van der Waals surface area contributed by atoms with Gasteiger partial charge < -0.3 is 10.4 Å². The van der Waals surface area contributed by atoms with Crippen LogP contribution in [0.5, 0.6) is 0 Å². The maximum absolute atomic E-state index is 10.7. The van der Waals surface area contributed by atoms with Gasteiger partial charge in [0.15, 0.2) is 0 Å². The molecule has 13 heavy (non-hydrogen) atoms. The molecule has 0 aromatic rings. The van der Waals surface area contributed by atoms with Crippen molar-refractivity contribution >= 4 is 23.6 Å². The van der Waals surface area contributed by atoms with E-state index in [4.69, 9.17) is 5.11 Å². The van der Waals surface area contributed by atoms with Gasteiger partial charge in [0.2, 0.25) is 5.91 Å². The van der Waals surface area contributed by atoms with E-state index in [-0.39, 0.29) is 12.3 Å². The summed E-state index contributed by atoms with van der Waals surface area (Å²) in [5, 5.41) is 10.9. The Balaban J connectivity index is 3.08. The van der Waals surface area contributed by atoms with E-state index >= 15 is 0 Å². The number of thioether (sulfide) groups is 1. The maximum Gasteiger partial charge on any atom is 0.304 e. The van der Waals surface area contributed by atoms with Crippen molar-refractivity contribution in [2.24, 2.45) is 0 Å². The van der Waals surface area contributed by atoms with E-state index in [1.54, 1.807) is 18.8 Å². The zero-order chi connectivity index (χ0) is 10.1. The highest BCUT2D eigenvalue weighted by molar-refractivity contribution is 7.99. The van der Waals surface area contributed by atoms with Crippen LogP contribution in [-0.4, -0.2) is 35.5 Å². The van der Waals surface area contributed by atoms with E-state index in [9.17, 15) is 9.59 Å². The van der Waals surface area contributed by atoms with Gasteiger partial charge in [0.05, 0.1) is 6.42 Å². The second kappa shape index (κ2) is 7.91. The van der Waals surface area contributed by atoms with Gasteiger partial charge >= 0.3 is 5.97 Å². The first-order valence-electron chi connectivity index (χ1n) is 4.17. The van der Waals surface area contributed by atoms with Crippen LogP contribution in [0.1, 0.15) is 19.3 Å². The molecule has 0 aliphatic rings. The topological polar surface area (TPSA) is 66.4 Å². The number of carboxylic acids is 1. The highest BCUT2D eigenvalue weighted by atomic mass is 32.2. The molecule has 4 nitrogen and oxygen atoms in total. The molecule has 0 aromatic carbocycles. The first-order valence-corrected chi connectivity index (χ1v) is 5.32. The molecule has 0 bridgehead atoms. The molecule has 2 N–H and O–H groups in total. The standard InChI is InChI=1S/C8H15NO3S/c1-9-7(10)3-2-5-13-6-4-8(11)12/h2-6H2,1H3,(H,9,10)(H,11,12). The van der Waals surface area contributed by atoms with Crippen LogP contribution in [0.2, 0.25) is 0 Å². The van der Waals surface area contributed by atoms with Gasteiger partial charge in [-0.25, -0.2) is 0 Å². The van der Waals surface area contributed by atoms with Gasteiger partial charge in [0.1, 0.15) is 0 Å². The third-order valence-electron chi connectivity index (χ3n) is 1.43. The quantitative estimate of drug-likeness (QED) is 0.601. The summed E-state index contributed by atoms with van der Waals surface area (Å²) in [4.78, 5) is 20.8. The van der Waals surface area contributed by atoms with Gasteiger partial charge in [-0.15, -0.1) is 0 Å². The van der Waals surface area contributed by atoms with Crippen LogP contribution >= 0.6 is 11.8 Å². The second-order valence-corrected chi connectivity index (χ2v) is 3.76. The number of carboxylic acid groups (broad SMARTS) is 1. The lowest BCUT2D eigenvalue weighted by molar-refractivity contribution is -0.136. The fourth-order valence-electron chi connectivity index (χ4n) is 0.721. The second-order valence-electron chi connectivity index (χ2n) is 2.53. The van der Waals surface area contributed by atoms with Crippen LogP contribution < -0.4 is 5.32 Å². The average Bonchev–Trinajstić information content (AvgIpc) is 2.10. The van der Waals surface area contributed by atoms with Crippen molar-refractivity contribution in [3.63, 3.8) is 0 Å². The van der Waals surface area contributed by atoms with E-state index in [2.05, 4.69) is 5.32 Å². The zero-order valence-corrected chi connectivity index (χ0v) is 8.52. The fourth-order valence-corrected chi connectivity index (χ4v) is 1.59. The van der Waals surface area contributed by atoms with Crippen molar-refractivity contribution in [2.45, 2.75) is 19.3 Å². The Morgan fingerprint density at radius 3 is 2.54 bits per heavy atom. The molecule has 0 atom stereocenters. The van der Waals surface area contributed by atoms with E-state index < -0.39 is 5.97 Å². The summed E-state index contributed by atoms with van der Waals surface area (Å²) in [6.07, 6.45) is 1.53. The maximum atomic E-state index is 10.7. The number of hydrogen-bond donors (Lipinski definition) is 2. The number of aliphatic carboxylic acids is 1. The van der Waals surface area contributed by atoms with Crippen molar-refractivity contribution in [3.8, 4) is 0 Å². The lowest BCUT2D eigenvalue weighted by atomic mass is 10.3. The summed E-state index contributed by atoms with van der Waals surface area (Å²) in [6.45, 7) is 0. The molecule has 0 saturated carbocycles. The third kappa shape index (κ3) is 9.20. The molecule has 0 aliphatic carbocycles. The molecule has 5 heteroatoms. The van der Waals surface area contributed by atoms with Gasteiger partial charge in [-0.2, -0.15) is 11.8 Å². The molecule has 0 aliphatic heterocycles. The minimum absolute atomic E-state index is 0.0406. The molecule has 0 rings (SSSR count). The third-order valence-corrected chi connectivity index (χ3v) is 2.50. The lowest BCUT2D eigenvalue weighted by Crippen LogP contribution is -2.17.